The second kappa shape index (κ2) is 6.17. The number of anilines is 1. The molecule has 1 saturated heterocycles. The van der Waals surface area contributed by atoms with Crippen LogP contribution in [0.25, 0.3) is 0 Å². The van der Waals surface area contributed by atoms with Crippen LogP contribution in [0.2, 0.25) is 0 Å². The molecule has 1 heterocycles. The smallest absolute Gasteiger partial charge is 0.244 e. The van der Waals surface area contributed by atoms with Crippen LogP contribution in [0.1, 0.15) is 38.2 Å². The molecule has 0 aromatic heterocycles. The number of hydrogen-bond acceptors (Lipinski definition) is 3. The summed E-state index contributed by atoms with van der Waals surface area (Å²) in [6, 6.07) is 7.31. The van der Waals surface area contributed by atoms with Crippen molar-refractivity contribution in [3.63, 3.8) is 0 Å². The molecule has 4 nitrogen and oxygen atoms in total. The first kappa shape index (κ1) is 14.0. The highest BCUT2D eigenvalue weighted by molar-refractivity contribution is 5.98. The molecule has 3 N–H and O–H groups in total. The third-order valence-electron chi connectivity index (χ3n) is 3.75. The highest BCUT2D eigenvalue weighted by Gasteiger charge is 2.39. The Morgan fingerprint density at radius 1 is 1.42 bits per heavy atom. The van der Waals surface area contributed by atoms with Gasteiger partial charge in [0.1, 0.15) is 0 Å². The number of benzene rings is 1. The summed E-state index contributed by atoms with van der Waals surface area (Å²) in [5, 5.41) is 15.3. The standard InChI is InChI=1S/C15H22N2O2/c1-2-8-15(9-3-10-16-15)14(19)17-13-6-4-12(11-18)5-7-13/h4-7,16,18H,2-3,8-11H2,1H3,(H,17,19). The van der Waals surface area contributed by atoms with Gasteiger partial charge in [-0.25, -0.2) is 0 Å². The fourth-order valence-corrected chi connectivity index (χ4v) is 2.70. The molecule has 1 amide bonds. The summed E-state index contributed by atoms with van der Waals surface area (Å²) in [4.78, 5) is 12.5. The van der Waals surface area contributed by atoms with E-state index in [-0.39, 0.29) is 12.5 Å². The summed E-state index contributed by atoms with van der Waals surface area (Å²) in [5.41, 5.74) is 1.23. The van der Waals surface area contributed by atoms with E-state index < -0.39 is 5.54 Å². The van der Waals surface area contributed by atoms with Gasteiger partial charge in [-0.3, -0.25) is 4.79 Å². The van der Waals surface area contributed by atoms with Gasteiger partial charge >= 0.3 is 0 Å². The van der Waals surface area contributed by atoms with Crippen molar-refractivity contribution < 1.29 is 9.90 Å². The van der Waals surface area contributed by atoms with Gasteiger partial charge in [-0.1, -0.05) is 25.5 Å². The molecule has 0 radical (unpaired) electrons. The molecule has 1 unspecified atom stereocenters. The van der Waals surface area contributed by atoms with Crippen molar-refractivity contribution in [2.45, 2.75) is 44.8 Å². The summed E-state index contributed by atoms with van der Waals surface area (Å²) in [5.74, 6) is 0.0589. The van der Waals surface area contributed by atoms with Crippen molar-refractivity contribution in [3.05, 3.63) is 29.8 Å². The molecular formula is C15H22N2O2. The van der Waals surface area contributed by atoms with Crippen molar-refractivity contribution >= 4 is 11.6 Å². The Hall–Kier alpha value is -1.39. The molecule has 1 aliphatic rings. The van der Waals surface area contributed by atoms with Gasteiger partial charge in [-0.15, -0.1) is 0 Å². The lowest BCUT2D eigenvalue weighted by atomic mass is 9.91. The monoisotopic (exact) mass is 262 g/mol. The maximum Gasteiger partial charge on any atom is 0.244 e. The van der Waals surface area contributed by atoms with Crippen molar-refractivity contribution in [1.82, 2.24) is 5.32 Å². The van der Waals surface area contributed by atoms with Gasteiger partial charge in [-0.2, -0.15) is 0 Å². The number of amides is 1. The predicted molar refractivity (Wildman–Crippen MR) is 75.9 cm³/mol. The van der Waals surface area contributed by atoms with Gasteiger partial charge in [0.05, 0.1) is 12.1 Å². The topological polar surface area (TPSA) is 61.4 Å². The molecule has 1 aromatic rings. The Labute approximate surface area is 114 Å². The van der Waals surface area contributed by atoms with Crippen LogP contribution in [-0.4, -0.2) is 23.1 Å². The lowest BCUT2D eigenvalue weighted by Crippen LogP contribution is -2.50. The average molecular weight is 262 g/mol. The molecular weight excluding hydrogens is 240 g/mol. The van der Waals surface area contributed by atoms with E-state index in [0.29, 0.717) is 0 Å². The number of rotatable bonds is 5. The number of carbonyl (C=O) groups excluding carboxylic acids is 1. The van der Waals surface area contributed by atoms with Crippen LogP contribution in [0.4, 0.5) is 5.69 Å². The summed E-state index contributed by atoms with van der Waals surface area (Å²) < 4.78 is 0. The van der Waals surface area contributed by atoms with Gasteiger partial charge in [0.2, 0.25) is 5.91 Å². The zero-order valence-corrected chi connectivity index (χ0v) is 11.4. The molecule has 1 fully saturated rings. The van der Waals surface area contributed by atoms with E-state index in [2.05, 4.69) is 17.6 Å². The molecule has 0 aliphatic carbocycles. The van der Waals surface area contributed by atoms with E-state index in [0.717, 1.165) is 43.5 Å². The second-order valence-corrected chi connectivity index (χ2v) is 5.17. The van der Waals surface area contributed by atoms with Crippen LogP contribution in [0, 0.1) is 0 Å². The Balaban J connectivity index is 2.05. The third kappa shape index (κ3) is 3.14. The highest BCUT2D eigenvalue weighted by Crippen LogP contribution is 2.26. The first-order valence-corrected chi connectivity index (χ1v) is 6.96. The van der Waals surface area contributed by atoms with E-state index >= 15 is 0 Å². The lowest BCUT2D eigenvalue weighted by Gasteiger charge is -2.27. The zero-order valence-electron chi connectivity index (χ0n) is 11.4. The molecule has 0 bridgehead atoms. The zero-order chi connectivity index (χ0) is 13.7. The molecule has 0 saturated carbocycles. The first-order chi connectivity index (χ1) is 9.20. The molecule has 1 atom stereocenters. The fraction of sp³-hybridized carbons (Fsp3) is 0.533. The van der Waals surface area contributed by atoms with Crippen LogP contribution in [0.3, 0.4) is 0 Å². The first-order valence-electron chi connectivity index (χ1n) is 6.96. The normalized spacial score (nSPS) is 22.4. The summed E-state index contributed by atoms with van der Waals surface area (Å²) >= 11 is 0. The van der Waals surface area contributed by atoms with E-state index in [1.807, 2.05) is 24.3 Å². The molecule has 19 heavy (non-hydrogen) atoms. The van der Waals surface area contributed by atoms with E-state index in [1.165, 1.54) is 0 Å². The van der Waals surface area contributed by atoms with Crippen molar-refractivity contribution in [2.75, 3.05) is 11.9 Å². The van der Waals surface area contributed by atoms with Crippen LogP contribution in [0.5, 0.6) is 0 Å². The highest BCUT2D eigenvalue weighted by atomic mass is 16.3. The van der Waals surface area contributed by atoms with E-state index in [4.69, 9.17) is 5.11 Å². The van der Waals surface area contributed by atoms with Crippen LogP contribution in [-0.2, 0) is 11.4 Å². The van der Waals surface area contributed by atoms with Crippen LogP contribution >= 0.6 is 0 Å². The molecule has 1 aliphatic heterocycles. The van der Waals surface area contributed by atoms with E-state index in [1.54, 1.807) is 0 Å². The minimum atomic E-state index is -0.398. The maximum atomic E-state index is 12.5. The molecule has 2 rings (SSSR count). The average Bonchev–Trinajstić information content (AvgIpc) is 2.90. The largest absolute Gasteiger partial charge is 0.392 e. The second-order valence-electron chi connectivity index (χ2n) is 5.17. The van der Waals surface area contributed by atoms with Gasteiger partial charge < -0.3 is 15.7 Å². The third-order valence-corrected chi connectivity index (χ3v) is 3.75. The van der Waals surface area contributed by atoms with Gasteiger partial charge in [0, 0.05) is 5.69 Å². The summed E-state index contributed by atoms with van der Waals surface area (Å²) in [6.45, 7) is 3.04. The van der Waals surface area contributed by atoms with Gasteiger partial charge in [-0.05, 0) is 43.5 Å². The fourth-order valence-electron chi connectivity index (χ4n) is 2.70. The molecule has 4 heteroatoms. The maximum absolute atomic E-state index is 12.5. The summed E-state index contributed by atoms with van der Waals surface area (Å²) in [6.07, 6.45) is 3.82. The lowest BCUT2D eigenvalue weighted by molar-refractivity contribution is -0.122. The van der Waals surface area contributed by atoms with Gasteiger partial charge in [0.25, 0.3) is 0 Å². The van der Waals surface area contributed by atoms with Crippen molar-refractivity contribution in [3.8, 4) is 0 Å². The Morgan fingerprint density at radius 2 is 2.16 bits per heavy atom. The SMILES string of the molecule is CCCC1(C(=O)Nc2ccc(CO)cc2)CCCN1. The minimum absolute atomic E-state index is 0.0234. The summed E-state index contributed by atoms with van der Waals surface area (Å²) in [7, 11) is 0. The molecule has 1 aromatic carbocycles. The predicted octanol–water partition coefficient (Wildman–Crippen LogP) is 2.04. The molecule has 104 valence electrons. The number of aliphatic hydroxyl groups is 1. The van der Waals surface area contributed by atoms with Crippen LogP contribution in [0.15, 0.2) is 24.3 Å². The Bertz CT molecular complexity index is 422. The minimum Gasteiger partial charge on any atom is -0.392 e. The van der Waals surface area contributed by atoms with Crippen LogP contribution < -0.4 is 10.6 Å². The number of hydrogen-bond donors (Lipinski definition) is 3. The Kier molecular flexibility index (Phi) is 4.56. The molecule has 0 spiro atoms. The quantitative estimate of drug-likeness (QED) is 0.761. The van der Waals surface area contributed by atoms with Crippen molar-refractivity contribution in [1.29, 1.82) is 0 Å². The Morgan fingerprint density at radius 3 is 2.68 bits per heavy atom. The number of aliphatic hydroxyl groups excluding tert-OH is 1. The number of nitrogens with one attached hydrogen (secondary N) is 2. The van der Waals surface area contributed by atoms with Crippen molar-refractivity contribution in [2.24, 2.45) is 0 Å². The van der Waals surface area contributed by atoms with E-state index in [9.17, 15) is 4.79 Å². The van der Waals surface area contributed by atoms with Gasteiger partial charge in [0.15, 0.2) is 0 Å². The number of carbonyl (C=O) groups is 1.